The fraction of sp³-hybridized carbons (Fsp3) is 0.182. The first-order valence-electron chi connectivity index (χ1n) is 9.13. The number of hydrogen-bond donors (Lipinski definition) is 2. The number of fused-ring (bicyclic) bond motifs is 1. The number of hydrogen-bond acceptors (Lipinski definition) is 6. The highest BCUT2D eigenvalue weighted by atomic mass is 32.1. The molecule has 148 valence electrons. The number of ether oxygens (including phenoxy) is 1. The predicted octanol–water partition coefficient (Wildman–Crippen LogP) is 5.04. The van der Waals surface area contributed by atoms with Crippen molar-refractivity contribution >= 4 is 27.4 Å². The van der Waals surface area contributed by atoms with Crippen LogP contribution in [-0.2, 0) is 0 Å². The first-order chi connectivity index (χ1) is 14.1. The van der Waals surface area contributed by atoms with E-state index in [-0.39, 0.29) is 11.9 Å². The molecule has 0 amide bonds. The molecule has 0 fully saturated rings. The number of rotatable bonds is 6. The SMILES string of the molecule is COc1ccc(-c2csc3ncnc(NC(C)C(O)c4ccc(F)cc4)c23)cc1. The van der Waals surface area contributed by atoms with E-state index in [9.17, 15) is 9.50 Å². The van der Waals surface area contributed by atoms with E-state index in [0.717, 1.165) is 27.1 Å². The van der Waals surface area contributed by atoms with Crippen LogP contribution in [0, 0.1) is 5.82 Å². The number of aliphatic hydroxyl groups is 1. The van der Waals surface area contributed by atoms with Crippen molar-refractivity contribution in [3.63, 3.8) is 0 Å². The van der Waals surface area contributed by atoms with Crippen molar-refractivity contribution in [1.29, 1.82) is 0 Å². The van der Waals surface area contributed by atoms with Gasteiger partial charge in [0.15, 0.2) is 0 Å². The van der Waals surface area contributed by atoms with Crippen LogP contribution in [0.15, 0.2) is 60.2 Å². The van der Waals surface area contributed by atoms with Gasteiger partial charge in [-0.05, 0) is 42.3 Å². The Morgan fingerprint density at radius 2 is 1.79 bits per heavy atom. The van der Waals surface area contributed by atoms with Gasteiger partial charge in [0.1, 0.15) is 28.5 Å². The van der Waals surface area contributed by atoms with Gasteiger partial charge < -0.3 is 15.2 Å². The van der Waals surface area contributed by atoms with Gasteiger partial charge in [0.2, 0.25) is 0 Å². The van der Waals surface area contributed by atoms with Crippen LogP contribution in [0.25, 0.3) is 21.3 Å². The zero-order valence-corrected chi connectivity index (χ0v) is 16.8. The number of thiophene rings is 1. The Kier molecular flexibility index (Phi) is 5.42. The summed E-state index contributed by atoms with van der Waals surface area (Å²) >= 11 is 1.54. The number of methoxy groups -OCH3 is 1. The lowest BCUT2D eigenvalue weighted by Gasteiger charge is -2.21. The van der Waals surface area contributed by atoms with Crippen molar-refractivity contribution in [2.45, 2.75) is 19.1 Å². The third kappa shape index (κ3) is 3.92. The molecule has 0 bridgehead atoms. The maximum Gasteiger partial charge on any atom is 0.139 e. The fourth-order valence-electron chi connectivity index (χ4n) is 3.21. The van der Waals surface area contributed by atoms with Crippen molar-refractivity contribution in [3.8, 4) is 16.9 Å². The number of nitrogens with one attached hydrogen (secondary N) is 1. The zero-order valence-electron chi connectivity index (χ0n) is 16.0. The second kappa shape index (κ2) is 8.14. The number of aliphatic hydroxyl groups excluding tert-OH is 1. The van der Waals surface area contributed by atoms with Gasteiger partial charge >= 0.3 is 0 Å². The van der Waals surface area contributed by atoms with Gasteiger partial charge in [0.05, 0.1) is 24.6 Å². The minimum Gasteiger partial charge on any atom is -0.497 e. The Labute approximate surface area is 171 Å². The van der Waals surface area contributed by atoms with Gasteiger partial charge in [-0.25, -0.2) is 14.4 Å². The molecule has 5 nitrogen and oxygen atoms in total. The van der Waals surface area contributed by atoms with Gasteiger partial charge in [-0.3, -0.25) is 0 Å². The van der Waals surface area contributed by atoms with Gasteiger partial charge in [0, 0.05) is 10.9 Å². The van der Waals surface area contributed by atoms with Crippen molar-refractivity contribution < 1.29 is 14.2 Å². The minimum atomic E-state index is -0.816. The van der Waals surface area contributed by atoms with Crippen molar-refractivity contribution in [2.75, 3.05) is 12.4 Å². The van der Waals surface area contributed by atoms with Crippen LogP contribution in [0.1, 0.15) is 18.6 Å². The van der Waals surface area contributed by atoms with E-state index in [2.05, 4.69) is 15.3 Å². The molecule has 4 rings (SSSR count). The van der Waals surface area contributed by atoms with Crippen LogP contribution < -0.4 is 10.1 Å². The Hall–Kier alpha value is -3.03. The fourth-order valence-corrected chi connectivity index (χ4v) is 4.13. The van der Waals surface area contributed by atoms with E-state index in [4.69, 9.17) is 4.74 Å². The molecule has 0 saturated heterocycles. The van der Waals surface area contributed by atoms with Gasteiger partial charge in [-0.2, -0.15) is 0 Å². The summed E-state index contributed by atoms with van der Waals surface area (Å²) in [6.45, 7) is 1.86. The monoisotopic (exact) mass is 409 g/mol. The molecule has 0 spiro atoms. The molecular weight excluding hydrogens is 389 g/mol. The van der Waals surface area contributed by atoms with Crippen LogP contribution in [0.2, 0.25) is 0 Å². The Morgan fingerprint density at radius 1 is 1.07 bits per heavy atom. The molecule has 0 aliphatic rings. The summed E-state index contributed by atoms with van der Waals surface area (Å²) in [6, 6.07) is 13.3. The Bertz CT molecular complexity index is 1110. The highest BCUT2D eigenvalue weighted by molar-refractivity contribution is 7.17. The zero-order chi connectivity index (χ0) is 20.4. The van der Waals surface area contributed by atoms with E-state index in [0.29, 0.717) is 11.4 Å². The van der Waals surface area contributed by atoms with E-state index >= 15 is 0 Å². The molecule has 2 N–H and O–H groups in total. The summed E-state index contributed by atoms with van der Waals surface area (Å²) in [6.07, 6.45) is 0.694. The Balaban J connectivity index is 1.66. The molecule has 0 aliphatic carbocycles. The third-order valence-electron chi connectivity index (χ3n) is 4.82. The highest BCUT2D eigenvalue weighted by Gasteiger charge is 2.20. The summed E-state index contributed by atoms with van der Waals surface area (Å²) in [5.74, 6) is 1.11. The summed E-state index contributed by atoms with van der Waals surface area (Å²) in [5, 5.41) is 16.9. The van der Waals surface area contributed by atoms with Gasteiger partial charge in [0.25, 0.3) is 0 Å². The molecule has 0 radical (unpaired) electrons. The number of halogens is 1. The topological polar surface area (TPSA) is 67.3 Å². The number of benzene rings is 2. The largest absolute Gasteiger partial charge is 0.497 e. The maximum absolute atomic E-state index is 13.2. The molecule has 2 heterocycles. The number of aromatic nitrogens is 2. The lowest BCUT2D eigenvalue weighted by Crippen LogP contribution is -2.24. The molecular formula is C22H20FN3O2S. The summed E-state index contributed by atoms with van der Waals surface area (Å²) in [7, 11) is 1.64. The quantitative estimate of drug-likeness (QED) is 0.467. The summed E-state index contributed by atoms with van der Waals surface area (Å²) < 4.78 is 18.4. The van der Waals surface area contributed by atoms with Crippen LogP contribution in [0.4, 0.5) is 10.2 Å². The van der Waals surface area contributed by atoms with E-state index < -0.39 is 6.10 Å². The number of nitrogens with zero attached hydrogens (tertiary/aromatic N) is 2. The lowest BCUT2D eigenvalue weighted by molar-refractivity contribution is 0.160. The first-order valence-corrected chi connectivity index (χ1v) is 10.0. The summed E-state index contributed by atoms with van der Waals surface area (Å²) in [4.78, 5) is 9.66. The second-order valence-corrected chi connectivity index (χ2v) is 7.57. The molecule has 2 atom stereocenters. The predicted molar refractivity (Wildman–Crippen MR) is 114 cm³/mol. The number of anilines is 1. The molecule has 29 heavy (non-hydrogen) atoms. The van der Waals surface area contributed by atoms with Gasteiger partial charge in [-0.1, -0.05) is 24.3 Å². The molecule has 2 aromatic heterocycles. The van der Waals surface area contributed by atoms with Crippen LogP contribution in [-0.4, -0.2) is 28.2 Å². The average Bonchev–Trinajstić information content (AvgIpc) is 3.19. The summed E-state index contributed by atoms with van der Waals surface area (Å²) in [5.41, 5.74) is 2.68. The van der Waals surface area contributed by atoms with Crippen molar-refractivity contribution in [2.24, 2.45) is 0 Å². The smallest absolute Gasteiger partial charge is 0.139 e. The van der Waals surface area contributed by atoms with E-state index in [1.807, 2.05) is 36.6 Å². The normalized spacial score (nSPS) is 13.2. The van der Waals surface area contributed by atoms with Crippen LogP contribution >= 0.6 is 11.3 Å². The van der Waals surface area contributed by atoms with Crippen molar-refractivity contribution in [1.82, 2.24) is 9.97 Å². The average molecular weight is 409 g/mol. The Morgan fingerprint density at radius 3 is 2.48 bits per heavy atom. The van der Waals surface area contributed by atoms with Crippen molar-refractivity contribution in [3.05, 3.63) is 71.6 Å². The van der Waals surface area contributed by atoms with E-state index in [1.54, 1.807) is 19.2 Å². The molecule has 2 unspecified atom stereocenters. The van der Waals surface area contributed by atoms with E-state index in [1.165, 1.54) is 29.8 Å². The molecule has 2 aromatic carbocycles. The standard InChI is InChI=1S/C22H20FN3O2S/c1-13(20(27)15-3-7-16(23)8-4-15)26-21-19-18(11-29-22(19)25-12-24-21)14-5-9-17(28-2)10-6-14/h3-13,20,27H,1-2H3,(H,24,25,26). The second-order valence-electron chi connectivity index (χ2n) is 6.71. The van der Waals surface area contributed by atoms with Crippen LogP contribution in [0.3, 0.4) is 0 Å². The maximum atomic E-state index is 13.2. The molecule has 7 heteroatoms. The van der Waals surface area contributed by atoms with Gasteiger partial charge in [-0.15, -0.1) is 11.3 Å². The molecule has 0 saturated carbocycles. The van der Waals surface area contributed by atoms with Crippen LogP contribution in [0.5, 0.6) is 5.75 Å². The first kappa shape index (κ1) is 19.3. The minimum absolute atomic E-state index is 0.332. The molecule has 4 aromatic rings. The third-order valence-corrected chi connectivity index (χ3v) is 5.71. The highest BCUT2D eigenvalue weighted by Crippen LogP contribution is 2.37. The lowest BCUT2D eigenvalue weighted by atomic mass is 10.0. The molecule has 0 aliphatic heterocycles.